The van der Waals surface area contributed by atoms with Gasteiger partial charge >= 0.3 is 12.0 Å². The molecule has 0 aliphatic carbocycles. The molecule has 6 nitrogen and oxygen atoms in total. The topological polar surface area (TPSA) is 76.7 Å². The molecule has 0 saturated carbocycles. The minimum absolute atomic E-state index is 0.264. The standard InChI is InChI=1S/C23H25FN2O4/c1-4-19-20(22(27)30-14(2)3)21(26-23(28)25-19)16-6-5-7-18(12-16)29-13-15-8-10-17(24)11-9-15/h5-12,14,21H,4,13H2,1-3H3,(H2,25,26,28). The number of esters is 1. The van der Waals surface area contributed by atoms with Crippen molar-refractivity contribution in [2.24, 2.45) is 0 Å². The molecule has 1 aliphatic heterocycles. The molecule has 30 heavy (non-hydrogen) atoms. The van der Waals surface area contributed by atoms with E-state index in [1.165, 1.54) is 12.1 Å². The van der Waals surface area contributed by atoms with Crippen LogP contribution in [0.5, 0.6) is 5.75 Å². The third-order valence-corrected chi connectivity index (χ3v) is 4.58. The molecule has 158 valence electrons. The van der Waals surface area contributed by atoms with Gasteiger partial charge in [-0.25, -0.2) is 14.0 Å². The van der Waals surface area contributed by atoms with Gasteiger partial charge < -0.3 is 20.1 Å². The van der Waals surface area contributed by atoms with E-state index < -0.39 is 12.0 Å². The fourth-order valence-corrected chi connectivity index (χ4v) is 3.20. The van der Waals surface area contributed by atoms with Crippen LogP contribution in [0.2, 0.25) is 0 Å². The van der Waals surface area contributed by atoms with Gasteiger partial charge in [0, 0.05) is 5.70 Å². The number of halogens is 1. The summed E-state index contributed by atoms with van der Waals surface area (Å²) in [5, 5.41) is 5.51. The zero-order chi connectivity index (χ0) is 21.7. The largest absolute Gasteiger partial charge is 0.489 e. The van der Waals surface area contributed by atoms with Crippen LogP contribution in [0.4, 0.5) is 9.18 Å². The number of carbonyl (C=O) groups is 2. The summed E-state index contributed by atoms with van der Waals surface area (Å²) in [6.45, 7) is 5.68. The van der Waals surface area contributed by atoms with Gasteiger partial charge in [0.05, 0.1) is 17.7 Å². The predicted molar refractivity (Wildman–Crippen MR) is 110 cm³/mol. The fraction of sp³-hybridized carbons (Fsp3) is 0.304. The smallest absolute Gasteiger partial charge is 0.338 e. The molecule has 2 aromatic carbocycles. The van der Waals surface area contributed by atoms with Crippen molar-refractivity contribution in [3.8, 4) is 5.75 Å². The van der Waals surface area contributed by atoms with Crippen LogP contribution >= 0.6 is 0 Å². The van der Waals surface area contributed by atoms with E-state index in [4.69, 9.17) is 9.47 Å². The Morgan fingerprint density at radius 1 is 1.17 bits per heavy atom. The maximum absolute atomic E-state index is 13.1. The van der Waals surface area contributed by atoms with Gasteiger partial charge in [-0.2, -0.15) is 0 Å². The highest BCUT2D eigenvalue weighted by Gasteiger charge is 2.33. The molecule has 2 N–H and O–H groups in total. The van der Waals surface area contributed by atoms with Gasteiger partial charge in [0.1, 0.15) is 18.2 Å². The normalized spacial score (nSPS) is 16.2. The summed E-state index contributed by atoms with van der Waals surface area (Å²) in [6, 6.07) is 12.2. The maximum atomic E-state index is 13.1. The minimum atomic E-state index is -0.658. The summed E-state index contributed by atoms with van der Waals surface area (Å²) in [5.74, 6) is -0.210. The van der Waals surface area contributed by atoms with E-state index in [0.717, 1.165) is 5.56 Å². The Bertz CT molecular complexity index is 954. The van der Waals surface area contributed by atoms with E-state index in [0.29, 0.717) is 29.0 Å². The lowest BCUT2D eigenvalue weighted by atomic mass is 9.94. The Labute approximate surface area is 175 Å². The minimum Gasteiger partial charge on any atom is -0.489 e. The SMILES string of the molecule is CCC1=C(C(=O)OC(C)C)C(c2cccc(OCc3ccc(F)cc3)c2)NC(=O)N1. The van der Waals surface area contributed by atoms with Crippen molar-refractivity contribution in [1.82, 2.24) is 10.6 Å². The number of ether oxygens (including phenoxy) is 2. The molecular formula is C23H25FN2O4. The number of urea groups is 1. The molecule has 0 fully saturated rings. The molecule has 2 aromatic rings. The first kappa shape index (κ1) is 21.4. The van der Waals surface area contributed by atoms with E-state index in [2.05, 4.69) is 10.6 Å². The molecule has 1 aliphatic rings. The van der Waals surface area contributed by atoms with Crippen molar-refractivity contribution in [2.75, 3.05) is 0 Å². The number of nitrogens with one attached hydrogen (secondary N) is 2. The van der Waals surface area contributed by atoms with Crippen LogP contribution in [0, 0.1) is 5.82 Å². The lowest BCUT2D eigenvalue weighted by molar-refractivity contribution is -0.143. The van der Waals surface area contributed by atoms with Crippen molar-refractivity contribution < 1.29 is 23.5 Å². The summed E-state index contributed by atoms with van der Waals surface area (Å²) in [7, 11) is 0. The van der Waals surface area contributed by atoms with E-state index in [-0.39, 0.29) is 24.6 Å². The Balaban J connectivity index is 1.86. The molecule has 0 bridgehead atoms. The first-order chi connectivity index (χ1) is 14.4. The monoisotopic (exact) mass is 412 g/mol. The number of benzene rings is 2. The van der Waals surface area contributed by atoms with Crippen LogP contribution in [-0.4, -0.2) is 18.1 Å². The molecule has 2 amide bonds. The zero-order valence-electron chi connectivity index (χ0n) is 17.2. The lowest BCUT2D eigenvalue weighted by Gasteiger charge is -2.29. The van der Waals surface area contributed by atoms with Crippen LogP contribution in [0.3, 0.4) is 0 Å². The Morgan fingerprint density at radius 2 is 1.90 bits per heavy atom. The Hall–Kier alpha value is -3.35. The second-order valence-corrected chi connectivity index (χ2v) is 7.22. The van der Waals surface area contributed by atoms with Crippen molar-refractivity contribution in [2.45, 2.75) is 45.9 Å². The first-order valence-electron chi connectivity index (χ1n) is 9.86. The molecule has 0 spiro atoms. The molecule has 0 aromatic heterocycles. The average Bonchev–Trinajstić information content (AvgIpc) is 2.72. The summed E-state index contributed by atoms with van der Waals surface area (Å²) in [5.41, 5.74) is 2.43. The second kappa shape index (κ2) is 9.43. The van der Waals surface area contributed by atoms with E-state index in [9.17, 15) is 14.0 Å². The molecule has 7 heteroatoms. The maximum Gasteiger partial charge on any atom is 0.338 e. The quantitative estimate of drug-likeness (QED) is 0.662. The number of rotatable bonds is 7. The number of hydrogen-bond acceptors (Lipinski definition) is 4. The van der Waals surface area contributed by atoms with Gasteiger partial charge in [-0.05, 0) is 55.7 Å². The van der Waals surface area contributed by atoms with E-state index in [1.807, 2.05) is 13.0 Å². The summed E-state index contributed by atoms with van der Waals surface area (Å²) in [4.78, 5) is 24.9. The molecule has 0 radical (unpaired) electrons. The van der Waals surface area contributed by atoms with Crippen LogP contribution in [0.1, 0.15) is 44.4 Å². The first-order valence-corrected chi connectivity index (χ1v) is 9.86. The predicted octanol–water partition coefficient (Wildman–Crippen LogP) is 4.37. The summed E-state index contributed by atoms with van der Waals surface area (Å²) < 4.78 is 24.3. The molecule has 1 atom stereocenters. The van der Waals surface area contributed by atoms with Crippen LogP contribution in [0.25, 0.3) is 0 Å². The van der Waals surface area contributed by atoms with Gasteiger partial charge in [-0.15, -0.1) is 0 Å². The highest BCUT2D eigenvalue weighted by atomic mass is 19.1. The molecule has 1 unspecified atom stereocenters. The second-order valence-electron chi connectivity index (χ2n) is 7.22. The Kier molecular flexibility index (Phi) is 6.72. The Morgan fingerprint density at radius 3 is 2.57 bits per heavy atom. The third kappa shape index (κ3) is 5.17. The molecule has 0 saturated heterocycles. The van der Waals surface area contributed by atoms with Crippen LogP contribution < -0.4 is 15.4 Å². The van der Waals surface area contributed by atoms with Crippen molar-refractivity contribution in [1.29, 1.82) is 0 Å². The average molecular weight is 412 g/mol. The summed E-state index contributed by atoms with van der Waals surface area (Å²) in [6.07, 6.45) is 0.194. The van der Waals surface area contributed by atoms with Crippen molar-refractivity contribution in [3.63, 3.8) is 0 Å². The molecule has 1 heterocycles. The summed E-state index contributed by atoms with van der Waals surface area (Å²) >= 11 is 0. The van der Waals surface area contributed by atoms with Gasteiger partial charge in [0.25, 0.3) is 0 Å². The zero-order valence-corrected chi connectivity index (χ0v) is 17.2. The van der Waals surface area contributed by atoms with E-state index >= 15 is 0 Å². The molecule has 3 rings (SSSR count). The van der Waals surface area contributed by atoms with Crippen LogP contribution in [0.15, 0.2) is 59.8 Å². The van der Waals surface area contributed by atoms with Crippen molar-refractivity contribution in [3.05, 3.63) is 76.7 Å². The van der Waals surface area contributed by atoms with Gasteiger partial charge in [-0.3, -0.25) is 0 Å². The number of carbonyl (C=O) groups excluding carboxylic acids is 2. The number of allylic oxidation sites excluding steroid dienone is 1. The lowest BCUT2D eigenvalue weighted by Crippen LogP contribution is -2.46. The molecular weight excluding hydrogens is 387 g/mol. The van der Waals surface area contributed by atoms with Gasteiger partial charge in [-0.1, -0.05) is 31.2 Å². The highest BCUT2D eigenvalue weighted by molar-refractivity contribution is 5.95. The fourth-order valence-electron chi connectivity index (χ4n) is 3.20. The number of hydrogen-bond donors (Lipinski definition) is 2. The number of amides is 2. The third-order valence-electron chi connectivity index (χ3n) is 4.58. The van der Waals surface area contributed by atoms with E-state index in [1.54, 1.807) is 44.2 Å². The highest BCUT2D eigenvalue weighted by Crippen LogP contribution is 2.31. The van der Waals surface area contributed by atoms with Crippen molar-refractivity contribution >= 4 is 12.0 Å². The van der Waals surface area contributed by atoms with Gasteiger partial charge in [0.2, 0.25) is 0 Å². The van der Waals surface area contributed by atoms with Gasteiger partial charge in [0.15, 0.2) is 0 Å². The van der Waals surface area contributed by atoms with Crippen LogP contribution in [-0.2, 0) is 16.1 Å².